The minimum atomic E-state index is -5.05. The molecule has 0 bridgehead atoms. The van der Waals surface area contributed by atoms with Gasteiger partial charge in [0, 0.05) is 0 Å². The molecule has 10 heteroatoms. The third kappa shape index (κ3) is 4.40. The van der Waals surface area contributed by atoms with E-state index in [0.717, 1.165) is 6.07 Å². The SMILES string of the molecule is O=C(NC(=O)c1ccccc1Cl)Nc1ccc(F)c(C(F)(F)F)c1Cl. The summed E-state index contributed by atoms with van der Waals surface area (Å²) in [4.78, 5) is 23.7. The van der Waals surface area contributed by atoms with Crippen LogP contribution in [0.5, 0.6) is 0 Å². The van der Waals surface area contributed by atoms with Gasteiger partial charge in [0.15, 0.2) is 0 Å². The first-order valence-electron chi connectivity index (χ1n) is 6.53. The average molecular weight is 395 g/mol. The molecule has 0 aliphatic rings. The summed E-state index contributed by atoms with van der Waals surface area (Å²) in [6.45, 7) is 0. The summed E-state index contributed by atoms with van der Waals surface area (Å²) < 4.78 is 51.7. The highest BCUT2D eigenvalue weighted by Crippen LogP contribution is 2.40. The summed E-state index contributed by atoms with van der Waals surface area (Å²) in [6, 6.07) is 6.01. The van der Waals surface area contributed by atoms with Crippen LogP contribution in [0, 0.1) is 5.82 Å². The van der Waals surface area contributed by atoms with Crippen molar-refractivity contribution in [3.05, 3.63) is 63.4 Å². The van der Waals surface area contributed by atoms with E-state index in [4.69, 9.17) is 23.2 Å². The zero-order chi connectivity index (χ0) is 18.8. The lowest BCUT2D eigenvalue weighted by Gasteiger charge is -2.14. The predicted octanol–water partition coefficient (Wildman–Crippen LogP) is 5.11. The molecule has 0 radical (unpaired) electrons. The van der Waals surface area contributed by atoms with Crippen LogP contribution in [0.25, 0.3) is 0 Å². The molecule has 2 aromatic carbocycles. The monoisotopic (exact) mass is 394 g/mol. The van der Waals surface area contributed by atoms with Crippen molar-refractivity contribution >= 4 is 40.8 Å². The Morgan fingerprint density at radius 3 is 2.24 bits per heavy atom. The number of urea groups is 1. The largest absolute Gasteiger partial charge is 0.420 e. The Bertz CT molecular complexity index is 841. The molecular weight excluding hydrogens is 387 g/mol. The van der Waals surface area contributed by atoms with Crippen molar-refractivity contribution < 1.29 is 27.2 Å². The van der Waals surface area contributed by atoms with E-state index in [0.29, 0.717) is 6.07 Å². The molecule has 2 N–H and O–H groups in total. The second-order valence-electron chi connectivity index (χ2n) is 4.67. The number of hydrogen-bond donors (Lipinski definition) is 2. The Balaban J connectivity index is 2.19. The number of anilines is 1. The molecule has 0 spiro atoms. The number of carbonyl (C=O) groups excluding carboxylic acids is 2. The standard InChI is InChI=1S/C15H8Cl2F4N2O2/c16-8-4-2-1-3-7(8)13(24)23-14(25)22-10-6-5-9(18)11(12(10)17)15(19,20)21/h1-6H,(H2,22,23,24,25). The number of alkyl halides is 3. The van der Waals surface area contributed by atoms with Crippen LogP contribution in [-0.2, 0) is 6.18 Å². The van der Waals surface area contributed by atoms with E-state index in [1.165, 1.54) is 18.2 Å². The Morgan fingerprint density at radius 1 is 1.00 bits per heavy atom. The number of amides is 3. The van der Waals surface area contributed by atoms with Crippen molar-refractivity contribution in [2.45, 2.75) is 6.18 Å². The van der Waals surface area contributed by atoms with Gasteiger partial charge in [-0.2, -0.15) is 13.2 Å². The zero-order valence-electron chi connectivity index (χ0n) is 12.0. The van der Waals surface area contributed by atoms with Gasteiger partial charge in [0.2, 0.25) is 0 Å². The molecule has 0 atom stereocenters. The summed E-state index contributed by atoms with van der Waals surface area (Å²) in [5.74, 6) is -2.46. The van der Waals surface area contributed by atoms with Gasteiger partial charge >= 0.3 is 12.2 Å². The topological polar surface area (TPSA) is 58.2 Å². The highest BCUT2D eigenvalue weighted by Gasteiger charge is 2.38. The van der Waals surface area contributed by atoms with Gasteiger partial charge in [0.05, 0.1) is 21.3 Å². The van der Waals surface area contributed by atoms with Gasteiger partial charge in [-0.1, -0.05) is 35.3 Å². The lowest BCUT2D eigenvalue weighted by atomic mass is 10.1. The normalized spacial score (nSPS) is 11.1. The third-order valence-corrected chi connectivity index (χ3v) is 3.69. The van der Waals surface area contributed by atoms with Crippen LogP contribution in [0.1, 0.15) is 15.9 Å². The van der Waals surface area contributed by atoms with Gasteiger partial charge in [-0.15, -0.1) is 0 Å². The zero-order valence-corrected chi connectivity index (χ0v) is 13.6. The molecule has 0 aromatic heterocycles. The fraction of sp³-hybridized carbons (Fsp3) is 0.0667. The second kappa shape index (κ2) is 7.28. The molecule has 0 saturated carbocycles. The van der Waals surface area contributed by atoms with Gasteiger partial charge in [-0.05, 0) is 24.3 Å². The summed E-state index contributed by atoms with van der Waals surface area (Å²) in [5.41, 5.74) is -2.25. The highest BCUT2D eigenvalue weighted by atomic mass is 35.5. The van der Waals surface area contributed by atoms with Gasteiger partial charge < -0.3 is 5.32 Å². The van der Waals surface area contributed by atoms with Crippen molar-refractivity contribution in [3.63, 3.8) is 0 Å². The molecule has 0 saturated heterocycles. The molecule has 0 unspecified atom stereocenters. The van der Waals surface area contributed by atoms with Crippen molar-refractivity contribution in [2.75, 3.05) is 5.32 Å². The lowest BCUT2D eigenvalue weighted by molar-refractivity contribution is -0.139. The van der Waals surface area contributed by atoms with Crippen LogP contribution >= 0.6 is 23.2 Å². The van der Waals surface area contributed by atoms with E-state index < -0.39 is 40.2 Å². The Kier molecular flexibility index (Phi) is 5.54. The molecule has 0 aliphatic heterocycles. The maximum Gasteiger partial charge on any atom is 0.420 e. The molecule has 0 heterocycles. The van der Waals surface area contributed by atoms with E-state index in [1.807, 2.05) is 10.6 Å². The molecule has 25 heavy (non-hydrogen) atoms. The highest BCUT2D eigenvalue weighted by molar-refractivity contribution is 6.35. The number of halogens is 6. The first-order chi connectivity index (χ1) is 11.6. The number of carbonyl (C=O) groups is 2. The molecule has 0 aliphatic carbocycles. The number of rotatable bonds is 2. The van der Waals surface area contributed by atoms with E-state index in [1.54, 1.807) is 6.07 Å². The number of imide groups is 1. The Morgan fingerprint density at radius 2 is 1.64 bits per heavy atom. The molecule has 2 aromatic rings. The summed E-state index contributed by atoms with van der Waals surface area (Å²) in [6.07, 6.45) is -5.05. The summed E-state index contributed by atoms with van der Waals surface area (Å²) in [5, 5.41) is 2.88. The van der Waals surface area contributed by atoms with Crippen LogP contribution in [-0.4, -0.2) is 11.9 Å². The number of hydrogen-bond acceptors (Lipinski definition) is 2. The third-order valence-electron chi connectivity index (χ3n) is 2.97. The predicted molar refractivity (Wildman–Crippen MR) is 84.3 cm³/mol. The van der Waals surface area contributed by atoms with Crippen molar-refractivity contribution in [2.24, 2.45) is 0 Å². The smallest absolute Gasteiger partial charge is 0.306 e. The van der Waals surface area contributed by atoms with Crippen LogP contribution in [0.2, 0.25) is 10.0 Å². The van der Waals surface area contributed by atoms with Crippen LogP contribution < -0.4 is 10.6 Å². The van der Waals surface area contributed by atoms with E-state index in [2.05, 4.69) is 0 Å². The van der Waals surface area contributed by atoms with Crippen molar-refractivity contribution in [1.29, 1.82) is 0 Å². The molecule has 2 rings (SSSR count). The van der Waals surface area contributed by atoms with E-state index in [9.17, 15) is 27.2 Å². The maximum atomic E-state index is 13.3. The molecular formula is C15H8Cl2F4N2O2. The van der Waals surface area contributed by atoms with E-state index in [-0.39, 0.29) is 10.6 Å². The number of nitrogens with one attached hydrogen (secondary N) is 2. The molecule has 3 amide bonds. The molecule has 0 fully saturated rings. The maximum absolute atomic E-state index is 13.3. The fourth-order valence-corrected chi connectivity index (χ4v) is 2.41. The molecule has 132 valence electrons. The summed E-state index contributed by atoms with van der Waals surface area (Å²) >= 11 is 11.3. The minimum Gasteiger partial charge on any atom is -0.306 e. The Hall–Kier alpha value is -2.32. The van der Waals surface area contributed by atoms with E-state index >= 15 is 0 Å². The lowest BCUT2D eigenvalue weighted by Crippen LogP contribution is -2.34. The van der Waals surface area contributed by atoms with Crippen molar-refractivity contribution in [1.82, 2.24) is 5.32 Å². The van der Waals surface area contributed by atoms with Crippen LogP contribution in [0.4, 0.5) is 28.0 Å². The number of benzene rings is 2. The Labute approximate surface area is 148 Å². The van der Waals surface area contributed by atoms with Crippen LogP contribution in [0.3, 0.4) is 0 Å². The van der Waals surface area contributed by atoms with Gasteiger partial charge in [0.25, 0.3) is 5.91 Å². The molecule has 4 nitrogen and oxygen atoms in total. The quantitative estimate of drug-likeness (QED) is 0.695. The first-order valence-corrected chi connectivity index (χ1v) is 7.29. The minimum absolute atomic E-state index is 0.0134. The first kappa shape index (κ1) is 19.0. The van der Waals surface area contributed by atoms with Gasteiger partial charge in [0.1, 0.15) is 11.4 Å². The van der Waals surface area contributed by atoms with Gasteiger partial charge in [-0.25, -0.2) is 9.18 Å². The fourth-order valence-electron chi connectivity index (χ4n) is 1.88. The van der Waals surface area contributed by atoms with Crippen LogP contribution in [0.15, 0.2) is 36.4 Å². The second-order valence-corrected chi connectivity index (χ2v) is 5.45. The summed E-state index contributed by atoms with van der Waals surface area (Å²) in [7, 11) is 0. The average Bonchev–Trinajstić information content (AvgIpc) is 2.49. The van der Waals surface area contributed by atoms with Crippen molar-refractivity contribution in [3.8, 4) is 0 Å². The van der Waals surface area contributed by atoms with Gasteiger partial charge in [-0.3, -0.25) is 10.1 Å².